The molecule has 2 N–H and O–H groups in total. The fourth-order valence-electron chi connectivity index (χ4n) is 2.12. The lowest BCUT2D eigenvalue weighted by Gasteiger charge is -2.14. The third-order valence-electron chi connectivity index (χ3n) is 3.43. The molecule has 0 spiro atoms. The largest absolute Gasteiger partial charge is 0.497 e. The second kappa shape index (κ2) is 8.66. The summed E-state index contributed by atoms with van der Waals surface area (Å²) in [7, 11) is 1.50. The van der Waals surface area contributed by atoms with Gasteiger partial charge < -0.3 is 20.1 Å². The lowest BCUT2D eigenvalue weighted by Crippen LogP contribution is -2.30. The van der Waals surface area contributed by atoms with Crippen LogP contribution in [0.15, 0.2) is 48.5 Å². The number of rotatable bonds is 6. The number of benzene rings is 2. The van der Waals surface area contributed by atoms with Crippen molar-refractivity contribution < 1.29 is 23.9 Å². The minimum Gasteiger partial charge on any atom is -0.497 e. The molecule has 0 fully saturated rings. The van der Waals surface area contributed by atoms with Gasteiger partial charge in [0, 0.05) is 18.3 Å². The summed E-state index contributed by atoms with van der Waals surface area (Å²) in [5, 5.41) is 5.28. The van der Waals surface area contributed by atoms with Gasteiger partial charge in [-0.05, 0) is 49.4 Å². The van der Waals surface area contributed by atoms with Crippen LogP contribution in [0.25, 0.3) is 0 Å². The Morgan fingerprint density at radius 3 is 2.15 bits per heavy atom. The molecule has 136 valence electrons. The van der Waals surface area contributed by atoms with Gasteiger partial charge in [0.05, 0.1) is 12.7 Å². The van der Waals surface area contributed by atoms with Crippen molar-refractivity contribution in [2.75, 3.05) is 17.7 Å². The molecule has 7 nitrogen and oxygen atoms in total. The summed E-state index contributed by atoms with van der Waals surface area (Å²) in [4.78, 5) is 35.3. The van der Waals surface area contributed by atoms with Gasteiger partial charge in [0.2, 0.25) is 5.91 Å². The van der Waals surface area contributed by atoms with Crippen LogP contribution in [-0.2, 0) is 14.3 Å². The Kier molecular flexibility index (Phi) is 6.32. The van der Waals surface area contributed by atoms with Gasteiger partial charge >= 0.3 is 5.97 Å². The van der Waals surface area contributed by atoms with E-state index in [0.717, 1.165) is 0 Å². The summed E-state index contributed by atoms with van der Waals surface area (Å²) >= 11 is 0. The number of carbonyl (C=O) groups excluding carboxylic acids is 3. The SMILES string of the molecule is COc1cccc(C(=O)O[C@H](C)C(=O)Nc2ccc(NC(C)=O)cc2)c1. The molecule has 0 aliphatic rings. The van der Waals surface area contributed by atoms with Crippen molar-refractivity contribution in [1.82, 2.24) is 0 Å². The third-order valence-corrected chi connectivity index (χ3v) is 3.43. The number of hydrogen-bond acceptors (Lipinski definition) is 5. The molecule has 0 saturated heterocycles. The van der Waals surface area contributed by atoms with Crippen LogP contribution in [0.5, 0.6) is 5.75 Å². The number of nitrogens with one attached hydrogen (secondary N) is 2. The minimum atomic E-state index is -0.983. The van der Waals surface area contributed by atoms with Crippen molar-refractivity contribution in [3.63, 3.8) is 0 Å². The van der Waals surface area contributed by atoms with Crippen molar-refractivity contribution in [3.8, 4) is 5.75 Å². The van der Waals surface area contributed by atoms with E-state index in [2.05, 4.69) is 10.6 Å². The molecule has 2 rings (SSSR count). The molecular formula is C19H20N2O5. The topological polar surface area (TPSA) is 93.7 Å². The molecule has 0 aliphatic carbocycles. The van der Waals surface area contributed by atoms with E-state index in [1.54, 1.807) is 42.5 Å². The van der Waals surface area contributed by atoms with Crippen LogP contribution in [0.2, 0.25) is 0 Å². The van der Waals surface area contributed by atoms with Crippen molar-refractivity contribution in [2.45, 2.75) is 20.0 Å². The van der Waals surface area contributed by atoms with Crippen LogP contribution in [0.1, 0.15) is 24.2 Å². The smallest absolute Gasteiger partial charge is 0.339 e. The highest BCUT2D eigenvalue weighted by molar-refractivity contribution is 5.97. The summed E-state index contributed by atoms with van der Waals surface area (Å²) in [6, 6.07) is 13.1. The molecule has 0 unspecified atom stereocenters. The number of esters is 1. The molecule has 0 aromatic heterocycles. The van der Waals surface area contributed by atoms with Gasteiger partial charge in [0.1, 0.15) is 5.75 Å². The van der Waals surface area contributed by atoms with Crippen LogP contribution in [0.4, 0.5) is 11.4 Å². The zero-order valence-electron chi connectivity index (χ0n) is 14.7. The molecule has 0 radical (unpaired) electrons. The van der Waals surface area contributed by atoms with E-state index in [-0.39, 0.29) is 5.91 Å². The van der Waals surface area contributed by atoms with E-state index in [9.17, 15) is 14.4 Å². The number of ether oxygens (including phenoxy) is 2. The monoisotopic (exact) mass is 356 g/mol. The number of methoxy groups -OCH3 is 1. The van der Waals surface area contributed by atoms with Crippen LogP contribution >= 0.6 is 0 Å². The zero-order valence-corrected chi connectivity index (χ0v) is 14.7. The van der Waals surface area contributed by atoms with E-state index in [1.165, 1.54) is 27.0 Å². The predicted molar refractivity (Wildman–Crippen MR) is 97.2 cm³/mol. The first-order valence-corrected chi connectivity index (χ1v) is 7.92. The first-order chi connectivity index (χ1) is 12.4. The fourth-order valence-corrected chi connectivity index (χ4v) is 2.12. The quantitative estimate of drug-likeness (QED) is 0.776. The van der Waals surface area contributed by atoms with Crippen molar-refractivity contribution in [1.29, 1.82) is 0 Å². The Morgan fingerprint density at radius 2 is 1.58 bits per heavy atom. The predicted octanol–water partition coefficient (Wildman–Crippen LogP) is 2.84. The Labute approximate surface area is 151 Å². The number of hydrogen-bond donors (Lipinski definition) is 2. The van der Waals surface area contributed by atoms with Gasteiger partial charge in [0.25, 0.3) is 5.91 Å². The normalized spacial score (nSPS) is 11.2. The molecule has 0 aliphatic heterocycles. The zero-order chi connectivity index (χ0) is 19.1. The minimum absolute atomic E-state index is 0.181. The second-order valence-corrected chi connectivity index (χ2v) is 5.53. The van der Waals surface area contributed by atoms with E-state index >= 15 is 0 Å². The van der Waals surface area contributed by atoms with Gasteiger partial charge in [-0.15, -0.1) is 0 Å². The maximum atomic E-state index is 12.2. The highest BCUT2D eigenvalue weighted by atomic mass is 16.5. The number of carbonyl (C=O) groups is 3. The van der Waals surface area contributed by atoms with E-state index < -0.39 is 18.0 Å². The molecule has 2 aromatic rings. The summed E-state index contributed by atoms with van der Waals surface area (Å²) < 4.78 is 10.2. The first-order valence-electron chi connectivity index (χ1n) is 7.92. The summed E-state index contributed by atoms with van der Waals surface area (Å²) in [5.74, 6) is -0.739. The lowest BCUT2D eigenvalue weighted by atomic mass is 10.2. The fraction of sp³-hybridized carbons (Fsp3) is 0.211. The average molecular weight is 356 g/mol. The van der Waals surface area contributed by atoms with Crippen molar-refractivity contribution in [3.05, 3.63) is 54.1 Å². The summed E-state index contributed by atoms with van der Waals surface area (Å²) in [6.45, 7) is 2.90. The van der Waals surface area contributed by atoms with Gasteiger partial charge in [-0.1, -0.05) is 6.07 Å². The van der Waals surface area contributed by atoms with Gasteiger partial charge in [-0.2, -0.15) is 0 Å². The molecule has 26 heavy (non-hydrogen) atoms. The number of amides is 2. The van der Waals surface area contributed by atoms with Crippen molar-refractivity contribution in [2.24, 2.45) is 0 Å². The lowest BCUT2D eigenvalue weighted by molar-refractivity contribution is -0.123. The second-order valence-electron chi connectivity index (χ2n) is 5.53. The van der Waals surface area contributed by atoms with Crippen LogP contribution in [0.3, 0.4) is 0 Å². The van der Waals surface area contributed by atoms with Crippen LogP contribution < -0.4 is 15.4 Å². The maximum absolute atomic E-state index is 12.2. The molecule has 1 atom stereocenters. The van der Waals surface area contributed by atoms with Gasteiger partial charge in [0.15, 0.2) is 6.10 Å². The highest BCUT2D eigenvalue weighted by Crippen LogP contribution is 2.16. The molecule has 0 bridgehead atoms. The molecule has 2 aromatic carbocycles. The van der Waals surface area contributed by atoms with Crippen molar-refractivity contribution >= 4 is 29.2 Å². The Bertz CT molecular complexity index is 802. The molecule has 0 saturated carbocycles. The number of anilines is 2. The third kappa shape index (κ3) is 5.34. The molecule has 2 amide bonds. The highest BCUT2D eigenvalue weighted by Gasteiger charge is 2.19. The molecule has 7 heteroatoms. The molecule has 0 heterocycles. The Balaban J connectivity index is 1.94. The standard InChI is InChI=1S/C19H20N2O5/c1-12(26-19(24)14-5-4-6-17(11-14)25-3)18(23)21-16-9-7-15(8-10-16)20-13(2)22/h4-12H,1-3H3,(H,20,22)(H,21,23)/t12-/m1/s1. The van der Waals surface area contributed by atoms with Gasteiger partial charge in [-0.25, -0.2) is 4.79 Å². The van der Waals surface area contributed by atoms with Crippen LogP contribution in [0, 0.1) is 0 Å². The van der Waals surface area contributed by atoms with E-state index in [0.29, 0.717) is 22.7 Å². The Morgan fingerprint density at radius 1 is 0.962 bits per heavy atom. The summed E-state index contributed by atoms with van der Waals surface area (Å²) in [6.07, 6.45) is -0.983. The Hall–Kier alpha value is -3.35. The maximum Gasteiger partial charge on any atom is 0.339 e. The molecular weight excluding hydrogens is 336 g/mol. The first kappa shape index (κ1) is 19.0. The van der Waals surface area contributed by atoms with E-state index in [4.69, 9.17) is 9.47 Å². The van der Waals surface area contributed by atoms with Gasteiger partial charge in [-0.3, -0.25) is 9.59 Å². The summed E-state index contributed by atoms with van der Waals surface area (Å²) in [5.41, 5.74) is 1.44. The van der Waals surface area contributed by atoms with Crippen LogP contribution in [-0.4, -0.2) is 31.0 Å². The average Bonchev–Trinajstić information content (AvgIpc) is 2.62. The van der Waals surface area contributed by atoms with E-state index in [1.807, 2.05) is 0 Å².